The van der Waals surface area contributed by atoms with Crippen molar-refractivity contribution in [3.05, 3.63) is 0 Å². The predicted octanol–water partition coefficient (Wildman–Crippen LogP) is 0.803. The molecule has 0 aromatic heterocycles. The van der Waals surface area contributed by atoms with Crippen molar-refractivity contribution in [3.8, 4) is 0 Å². The molecule has 64 valence electrons. The van der Waals surface area contributed by atoms with E-state index in [4.69, 9.17) is 5.11 Å². The summed E-state index contributed by atoms with van der Waals surface area (Å²) in [6.45, 7) is 1.97. The van der Waals surface area contributed by atoms with Crippen LogP contribution in [0.5, 0.6) is 0 Å². The third kappa shape index (κ3) is 2.50. The summed E-state index contributed by atoms with van der Waals surface area (Å²) in [4.78, 5) is 12.8. The van der Waals surface area contributed by atoms with Crippen LogP contribution in [0.15, 0.2) is 0 Å². The Hall–Kier alpha value is -0.570. The molecule has 1 aliphatic rings. The van der Waals surface area contributed by atoms with E-state index < -0.39 is 5.97 Å². The zero-order valence-corrected chi connectivity index (χ0v) is 6.92. The number of hydrogen-bond donors (Lipinski definition) is 1. The molecule has 3 heteroatoms. The van der Waals surface area contributed by atoms with Crippen molar-refractivity contribution in [1.29, 1.82) is 0 Å². The van der Waals surface area contributed by atoms with Crippen LogP contribution in [-0.4, -0.2) is 36.1 Å². The number of nitrogens with zero attached hydrogens (tertiary/aromatic N) is 1. The summed E-state index contributed by atoms with van der Waals surface area (Å²) in [6.07, 6.45) is 2.68. The number of carboxylic acids is 1. The Labute approximate surface area is 67.0 Å². The van der Waals surface area contributed by atoms with Gasteiger partial charge >= 0.3 is 5.97 Å². The van der Waals surface area contributed by atoms with Gasteiger partial charge in [0.05, 0.1) is 5.92 Å². The maximum Gasteiger partial charge on any atom is 0.306 e. The summed E-state index contributed by atoms with van der Waals surface area (Å²) in [5.41, 5.74) is 0. The lowest BCUT2D eigenvalue weighted by Crippen LogP contribution is -2.20. The van der Waals surface area contributed by atoms with Gasteiger partial charge in [0.15, 0.2) is 0 Å². The molecule has 0 aliphatic carbocycles. The maximum atomic E-state index is 10.6. The van der Waals surface area contributed by atoms with Crippen molar-refractivity contribution >= 4 is 5.97 Å². The van der Waals surface area contributed by atoms with E-state index in [1.165, 1.54) is 0 Å². The van der Waals surface area contributed by atoms with Gasteiger partial charge in [-0.3, -0.25) is 4.79 Å². The van der Waals surface area contributed by atoms with E-state index in [9.17, 15) is 4.79 Å². The Morgan fingerprint density at radius 1 is 1.45 bits per heavy atom. The molecule has 1 N–H and O–H groups in total. The number of rotatable bonds is 1. The Bertz CT molecular complexity index is 147. The van der Waals surface area contributed by atoms with Crippen LogP contribution < -0.4 is 0 Å². The highest BCUT2D eigenvalue weighted by atomic mass is 16.4. The van der Waals surface area contributed by atoms with Gasteiger partial charge in [-0.05, 0) is 39.4 Å². The molecular formula is C8H15NO2. The van der Waals surface area contributed by atoms with Crippen LogP contribution in [0.3, 0.4) is 0 Å². The average Bonchev–Trinajstić information content (AvgIpc) is 2.13. The lowest BCUT2D eigenvalue weighted by atomic mass is 10.0. The topological polar surface area (TPSA) is 40.5 Å². The number of likely N-dealkylation sites (tertiary alicyclic amines) is 1. The van der Waals surface area contributed by atoms with Gasteiger partial charge in [-0.1, -0.05) is 0 Å². The summed E-state index contributed by atoms with van der Waals surface area (Å²) in [6, 6.07) is 0. The summed E-state index contributed by atoms with van der Waals surface area (Å²) < 4.78 is 0. The molecule has 0 radical (unpaired) electrons. The molecule has 1 atom stereocenters. The number of aliphatic carboxylic acids is 1. The van der Waals surface area contributed by atoms with Gasteiger partial charge in [0.25, 0.3) is 0 Å². The SMILES string of the molecule is CN1CCC[C@@H](C(=O)O)CC1. The fraction of sp³-hybridized carbons (Fsp3) is 0.875. The molecular weight excluding hydrogens is 142 g/mol. The first kappa shape index (κ1) is 8.53. The number of hydrogen-bond acceptors (Lipinski definition) is 2. The van der Waals surface area contributed by atoms with E-state index >= 15 is 0 Å². The van der Waals surface area contributed by atoms with Gasteiger partial charge in [-0.25, -0.2) is 0 Å². The van der Waals surface area contributed by atoms with E-state index in [0.717, 1.165) is 32.4 Å². The minimum atomic E-state index is -0.625. The van der Waals surface area contributed by atoms with Crippen molar-refractivity contribution in [2.75, 3.05) is 20.1 Å². The normalized spacial score (nSPS) is 27.9. The molecule has 0 aromatic carbocycles. The summed E-state index contributed by atoms with van der Waals surface area (Å²) in [5, 5.41) is 8.73. The highest BCUT2D eigenvalue weighted by Crippen LogP contribution is 2.16. The van der Waals surface area contributed by atoms with Crippen LogP contribution in [0.1, 0.15) is 19.3 Å². The molecule has 0 bridgehead atoms. The third-order valence-electron chi connectivity index (χ3n) is 2.30. The van der Waals surface area contributed by atoms with E-state index in [1.54, 1.807) is 0 Å². The second kappa shape index (κ2) is 3.72. The van der Waals surface area contributed by atoms with Crippen molar-refractivity contribution in [1.82, 2.24) is 4.90 Å². The molecule has 0 spiro atoms. The molecule has 1 heterocycles. The van der Waals surface area contributed by atoms with Gasteiger partial charge in [-0.2, -0.15) is 0 Å². The monoisotopic (exact) mass is 157 g/mol. The first-order valence-corrected chi connectivity index (χ1v) is 4.11. The summed E-state index contributed by atoms with van der Waals surface area (Å²) >= 11 is 0. The Morgan fingerprint density at radius 2 is 2.18 bits per heavy atom. The summed E-state index contributed by atoms with van der Waals surface area (Å²) in [7, 11) is 2.05. The van der Waals surface area contributed by atoms with Gasteiger partial charge in [0.2, 0.25) is 0 Å². The van der Waals surface area contributed by atoms with Crippen LogP contribution in [0.4, 0.5) is 0 Å². The fourth-order valence-electron chi connectivity index (χ4n) is 1.49. The second-order valence-electron chi connectivity index (χ2n) is 3.27. The molecule has 0 saturated carbocycles. The average molecular weight is 157 g/mol. The predicted molar refractivity (Wildman–Crippen MR) is 42.5 cm³/mol. The Morgan fingerprint density at radius 3 is 2.82 bits per heavy atom. The molecule has 11 heavy (non-hydrogen) atoms. The first-order valence-electron chi connectivity index (χ1n) is 4.11. The van der Waals surface area contributed by atoms with Crippen molar-refractivity contribution < 1.29 is 9.90 Å². The highest BCUT2D eigenvalue weighted by Gasteiger charge is 2.20. The minimum Gasteiger partial charge on any atom is -0.481 e. The fourth-order valence-corrected chi connectivity index (χ4v) is 1.49. The first-order chi connectivity index (χ1) is 5.20. The van der Waals surface area contributed by atoms with E-state index in [2.05, 4.69) is 4.90 Å². The number of carboxylic acid groups (broad SMARTS) is 1. The Kier molecular flexibility index (Phi) is 2.88. The van der Waals surface area contributed by atoms with Crippen LogP contribution in [0, 0.1) is 5.92 Å². The molecule has 1 saturated heterocycles. The standard InChI is InChI=1S/C8H15NO2/c1-9-5-2-3-7(4-6-9)8(10)11/h7H,2-6H2,1H3,(H,10,11)/t7-/m1/s1. The van der Waals surface area contributed by atoms with Crippen molar-refractivity contribution in [2.24, 2.45) is 5.92 Å². The lowest BCUT2D eigenvalue weighted by molar-refractivity contribution is -0.142. The molecule has 0 unspecified atom stereocenters. The number of carbonyl (C=O) groups is 1. The van der Waals surface area contributed by atoms with Gasteiger partial charge in [0, 0.05) is 0 Å². The zero-order valence-electron chi connectivity index (χ0n) is 6.92. The molecule has 0 amide bonds. The minimum absolute atomic E-state index is 0.0973. The van der Waals surface area contributed by atoms with Gasteiger partial charge in [-0.15, -0.1) is 0 Å². The third-order valence-corrected chi connectivity index (χ3v) is 2.30. The molecule has 1 rings (SSSR count). The Balaban J connectivity index is 2.40. The smallest absolute Gasteiger partial charge is 0.306 e. The van der Waals surface area contributed by atoms with Crippen LogP contribution in [0.2, 0.25) is 0 Å². The zero-order chi connectivity index (χ0) is 8.27. The maximum absolute atomic E-state index is 10.6. The van der Waals surface area contributed by atoms with Crippen molar-refractivity contribution in [2.45, 2.75) is 19.3 Å². The molecule has 3 nitrogen and oxygen atoms in total. The second-order valence-corrected chi connectivity index (χ2v) is 3.27. The van der Waals surface area contributed by atoms with E-state index in [0.29, 0.717) is 0 Å². The highest BCUT2D eigenvalue weighted by molar-refractivity contribution is 5.69. The molecule has 0 aromatic rings. The molecule has 1 fully saturated rings. The van der Waals surface area contributed by atoms with E-state index in [-0.39, 0.29) is 5.92 Å². The van der Waals surface area contributed by atoms with Gasteiger partial charge < -0.3 is 10.0 Å². The van der Waals surface area contributed by atoms with Gasteiger partial charge in [0.1, 0.15) is 0 Å². The molecule has 1 aliphatic heterocycles. The quantitative estimate of drug-likeness (QED) is 0.612. The lowest BCUT2D eigenvalue weighted by Gasteiger charge is -2.11. The van der Waals surface area contributed by atoms with Crippen LogP contribution in [-0.2, 0) is 4.79 Å². The van der Waals surface area contributed by atoms with Crippen LogP contribution in [0.25, 0.3) is 0 Å². The van der Waals surface area contributed by atoms with Crippen molar-refractivity contribution in [3.63, 3.8) is 0 Å². The van der Waals surface area contributed by atoms with E-state index in [1.807, 2.05) is 7.05 Å². The summed E-state index contributed by atoms with van der Waals surface area (Å²) in [5.74, 6) is -0.722. The van der Waals surface area contributed by atoms with Crippen LogP contribution >= 0.6 is 0 Å². The largest absolute Gasteiger partial charge is 0.481 e.